The highest BCUT2D eigenvalue weighted by atomic mass is 32.2. The van der Waals surface area contributed by atoms with Crippen LogP contribution in [0, 0.1) is 0 Å². The number of hydrogen-bond donors (Lipinski definition) is 2. The molecular formula is C10H19NO6S. The number of aliphatic carboxylic acids is 1. The van der Waals surface area contributed by atoms with Crippen LogP contribution in [0.5, 0.6) is 0 Å². The summed E-state index contributed by atoms with van der Waals surface area (Å²) in [6, 6.07) is -1.11. The second-order valence-corrected chi connectivity index (χ2v) is 5.67. The van der Waals surface area contributed by atoms with E-state index in [0.29, 0.717) is 6.42 Å². The van der Waals surface area contributed by atoms with Gasteiger partial charge in [-0.3, -0.25) is 9.59 Å². The van der Waals surface area contributed by atoms with E-state index in [0.717, 1.165) is 0 Å². The van der Waals surface area contributed by atoms with Crippen molar-refractivity contribution in [3.05, 3.63) is 0 Å². The molecule has 0 fully saturated rings. The van der Waals surface area contributed by atoms with Gasteiger partial charge >= 0.3 is 11.9 Å². The average Bonchev–Trinajstić information content (AvgIpc) is 2.27. The number of methoxy groups -OCH3 is 1. The molecule has 0 aromatic carbocycles. The minimum atomic E-state index is -3.69. The summed E-state index contributed by atoms with van der Waals surface area (Å²) in [5, 5.41) is 8.82. The molecule has 0 saturated carbocycles. The van der Waals surface area contributed by atoms with Crippen molar-refractivity contribution in [2.45, 2.75) is 38.6 Å². The maximum absolute atomic E-state index is 11.6. The van der Waals surface area contributed by atoms with Crippen LogP contribution in [0.2, 0.25) is 0 Å². The van der Waals surface area contributed by atoms with Crippen LogP contribution in [-0.2, 0) is 24.3 Å². The normalized spacial score (nSPS) is 13.0. The van der Waals surface area contributed by atoms with Gasteiger partial charge in [-0.1, -0.05) is 13.3 Å². The van der Waals surface area contributed by atoms with Crippen LogP contribution < -0.4 is 4.72 Å². The van der Waals surface area contributed by atoms with Crippen molar-refractivity contribution in [2.24, 2.45) is 0 Å². The molecule has 0 rings (SSSR count). The third-order valence-electron chi connectivity index (χ3n) is 2.22. The Labute approximate surface area is 107 Å². The second-order valence-electron chi connectivity index (χ2n) is 3.80. The van der Waals surface area contributed by atoms with Crippen molar-refractivity contribution in [3.8, 4) is 0 Å². The summed E-state index contributed by atoms with van der Waals surface area (Å²) in [5.41, 5.74) is 0. The Hall–Kier alpha value is -1.15. The van der Waals surface area contributed by atoms with E-state index in [-0.39, 0.29) is 25.0 Å². The Bertz CT molecular complexity index is 378. The summed E-state index contributed by atoms with van der Waals surface area (Å²) in [6.07, 6.45) is 0.872. The van der Waals surface area contributed by atoms with Crippen LogP contribution in [-0.4, -0.2) is 44.4 Å². The molecule has 0 radical (unpaired) electrons. The first kappa shape index (κ1) is 16.9. The number of carbonyl (C=O) groups is 2. The Kier molecular flexibility index (Phi) is 7.53. The van der Waals surface area contributed by atoms with E-state index in [4.69, 9.17) is 5.11 Å². The third kappa shape index (κ3) is 7.23. The predicted molar refractivity (Wildman–Crippen MR) is 64.5 cm³/mol. The maximum Gasteiger partial charge on any atom is 0.321 e. The fourth-order valence-corrected chi connectivity index (χ4v) is 2.60. The molecule has 0 heterocycles. The lowest BCUT2D eigenvalue weighted by atomic mass is 10.2. The number of sulfonamides is 1. The molecule has 106 valence electrons. The van der Waals surface area contributed by atoms with E-state index in [1.165, 1.54) is 7.11 Å². The van der Waals surface area contributed by atoms with Crippen LogP contribution in [0.15, 0.2) is 0 Å². The van der Waals surface area contributed by atoms with Gasteiger partial charge in [0, 0.05) is 6.42 Å². The molecule has 0 aromatic rings. The minimum Gasteiger partial charge on any atom is -0.480 e. The highest BCUT2D eigenvalue weighted by Crippen LogP contribution is 2.02. The average molecular weight is 281 g/mol. The van der Waals surface area contributed by atoms with Crippen molar-refractivity contribution in [1.82, 2.24) is 4.72 Å². The topological polar surface area (TPSA) is 110 Å². The zero-order chi connectivity index (χ0) is 14.2. The molecule has 8 heteroatoms. The molecule has 0 aliphatic heterocycles. The van der Waals surface area contributed by atoms with E-state index in [2.05, 4.69) is 9.46 Å². The molecule has 0 aliphatic carbocycles. The lowest BCUT2D eigenvalue weighted by Gasteiger charge is -2.13. The molecule has 2 N–H and O–H groups in total. The quantitative estimate of drug-likeness (QED) is 0.581. The molecule has 0 amide bonds. The van der Waals surface area contributed by atoms with Gasteiger partial charge in [0.15, 0.2) is 0 Å². The Balaban J connectivity index is 4.28. The van der Waals surface area contributed by atoms with E-state index in [1.54, 1.807) is 6.92 Å². The summed E-state index contributed by atoms with van der Waals surface area (Å²) in [7, 11) is -2.47. The van der Waals surface area contributed by atoms with Crippen LogP contribution in [0.1, 0.15) is 32.6 Å². The van der Waals surface area contributed by atoms with Crippen LogP contribution in [0.25, 0.3) is 0 Å². The Morgan fingerprint density at radius 2 is 2.00 bits per heavy atom. The molecule has 1 atom stereocenters. The largest absolute Gasteiger partial charge is 0.480 e. The Morgan fingerprint density at radius 3 is 2.44 bits per heavy atom. The van der Waals surface area contributed by atoms with Crippen molar-refractivity contribution < 1.29 is 27.9 Å². The van der Waals surface area contributed by atoms with E-state index >= 15 is 0 Å². The van der Waals surface area contributed by atoms with Crippen LogP contribution in [0.3, 0.4) is 0 Å². The molecule has 1 unspecified atom stereocenters. The van der Waals surface area contributed by atoms with Crippen LogP contribution >= 0.6 is 0 Å². The summed E-state index contributed by atoms with van der Waals surface area (Å²) in [4.78, 5) is 21.6. The smallest absolute Gasteiger partial charge is 0.321 e. The van der Waals surface area contributed by atoms with Gasteiger partial charge in [0.05, 0.1) is 12.9 Å². The summed E-state index contributed by atoms with van der Waals surface area (Å²) in [5.74, 6) is -1.99. The number of carboxylic acids is 1. The SMILES string of the molecule is CCCC(NS(=O)(=O)CCCC(=O)OC)C(=O)O. The third-order valence-corrected chi connectivity index (χ3v) is 3.69. The van der Waals surface area contributed by atoms with Gasteiger partial charge in [-0.05, 0) is 12.8 Å². The molecule has 0 spiro atoms. The zero-order valence-electron chi connectivity index (χ0n) is 10.5. The maximum atomic E-state index is 11.6. The fraction of sp³-hybridized carbons (Fsp3) is 0.800. The summed E-state index contributed by atoms with van der Waals surface area (Å²) < 4.78 is 29.6. The number of esters is 1. The van der Waals surface area contributed by atoms with Gasteiger partial charge in [-0.25, -0.2) is 13.1 Å². The number of rotatable bonds is 9. The first-order chi connectivity index (χ1) is 8.32. The standard InChI is InChI=1S/C10H19NO6S/c1-3-5-8(10(13)14)11-18(15,16)7-4-6-9(12)17-2/h8,11H,3-7H2,1-2H3,(H,13,14). The molecule has 0 aliphatic rings. The lowest BCUT2D eigenvalue weighted by molar-refractivity contribution is -0.141. The van der Waals surface area contributed by atoms with Gasteiger partial charge in [0.25, 0.3) is 0 Å². The predicted octanol–water partition coefficient (Wildman–Crippen LogP) is 0.112. The van der Waals surface area contributed by atoms with Gasteiger partial charge in [-0.15, -0.1) is 0 Å². The van der Waals surface area contributed by atoms with Crippen molar-refractivity contribution in [1.29, 1.82) is 0 Å². The number of carboxylic acid groups (broad SMARTS) is 1. The first-order valence-corrected chi connectivity index (χ1v) is 7.27. The number of hydrogen-bond acceptors (Lipinski definition) is 5. The second kappa shape index (κ2) is 8.04. The molecule has 0 aromatic heterocycles. The van der Waals surface area contributed by atoms with Crippen molar-refractivity contribution in [2.75, 3.05) is 12.9 Å². The monoisotopic (exact) mass is 281 g/mol. The first-order valence-electron chi connectivity index (χ1n) is 5.62. The number of carbonyl (C=O) groups excluding carboxylic acids is 1. The van der Waals surface area contributed by atoms with Gasteiger partial charge in [0.2, 0.25) is 10.0 Å². The van der Waals surface area contributed by atoms with E-state index in [1.807, 2.05) is 0 Å². The molecule has 0 saturated heterocycles. The summed E-state index contributed by atoms with van der Waals surface area (Å²) >= 11 is 0. The van der Waals surface area contributed by atoms with E-state index < -0.39 is 28.0 Å². The van der Waals surface area contributed by atoms with Gasteiger partial charge < -0.3 is 9.84 Å². The molecular weight excluding hydrogens is 262 g/mol. The number of ether oxygens (including phenoxy) is 1. The zero-order valence-corrected chi connectivity index (χ0v) is 11.3. The van der Waals surface area contributed by atoms with Crippen molar-refractivity contribution in [3.63, 3.8) is 0 Å². The van der Waals surface area contributed by atoms with Crippen LogP contribution in [0.4, 0.5) is 0 Å². The fourth-order valence-electron chi connectivity index (χ4n) is 1.31. The lowest BCUT2D eigenvalue weighted by Crippen LogP contribution is -2.41. The van der Waals surface area contributed by atoms with Crippen molar-refractivity contribution >= 4 is 22.0 Å². The summed E-state index contributed by atoms with van der Waals surface area (Å²) in [6.45, 7) is 1.77. The molecule has 18 heavy (non-hydrogen) atoms. The minimum absolute atomic E-state index is 0.0110. The van der Waals surface area contributed by atoms with Gasteiger partial charge in [0.1, 0.15) is 6.04 Å². The Morgan fingerprint density at radius 1 is 1.39 bits per heavy atom. The molecule has 7 nitrogen and oxygen atoms in total. The highest BCUT2D eigenvalue weighted by Gasteiger charge is 2.22. The molecule has 0 bridgehead atoms. The van der Waals surface area contributed by atoms with Gasteiger partial charge in [-0.2, -0.15) is 0 Å². The van der Waals surface area contributed by atoms with E-state index in [9.17, 15) is 18.0 Å². The highest BCUT2D eigenvalue weighted by molar-refractivity contribution is 7.89. The number of nitrogens with one attached hydrogen (secondary N) is 1.